The van der Waals surface area contributed by atoms with Gasteiger partial charge in [0, 0.05) is 0 Å². The molecule has 4 heavy (non-hydrogen) atoms. The van der Waals surface area contributed by atoms with Gasteiger partial charge >= 0.3 is 0 Å². The highest BCUT2D eigenvalue weighted by molar-refractivity contribution is 5.39. The minimum absolute atomic E-state index is 0.431. The van der Waals surface area contributed by atoms with Gasteiger partial charge < -0.3 is 4.89 Å². The summed E-state index contributed by atoms with van der Waals surface area (Å²) in [5, 5.41) is 13.0. The molecule has 0 aliphatic carbocycles. The van der Waals surface area contributed by atoms with Gasteiger partial charge in [-0.3, -0.25) is 5.41 Å². The third-order valence-electron chi connectivity index (χ3n) is 0.0527. The van der Waals surface area contributed by atoms with Gasteiger partial charge in [-0.1, -0.05) is 0 Å². The third kappa shape index (κ3) is 1.43. The molecule has 3 nitrogen and oxygen atoms in total. The molecule has 0 heterocycles. The first kappa shape index (κ1) is 3.43. The van der Waals surface area contributed by atoms with Crippen LogP contribution in [0.2, 0.25) is 0 Å². The van der Waals surface area contributed by atoms with Crippen molar-refractivity contribution in [2.24, 2.45) is 0 Å². The van der Waals surface area contributed by atoms with E-state index in [9.17, 15) is 0 Å². The molecule has 0 aliphatic rings. The van der Waals surface area contributed by atoms with Crippen molar-refractivity contribution in [3.8, 4) is 0 Å². The molecule has 2 N–H and O–H groups in total. The smallest absolute Gasteiger partial charge is 0.211 e. The fourth-order valence-electron chi connectivity index (χ4n) is 0. The molecular weight excluding hydrogens is 58.0 g/mol. The van der Waals surface area contributed by atoms with Gasteiger partial charge in [-0.15, -0.1) is 0 Å². The molecule has 0 saturated heterocycles. The Bertz CT molecular complexity index is 20.0. The normalized spacial score (nSPS) is 5.25. The Morgan fingerprint density at radius 1 is 2.00 bits per heavy atom. The maximum atomic E-state index is 7.13. The minimum Gasteiger partial charge on any atom is -0.328 e. The van der Waals surface area contributed by atoms with E-state index in [1.54, 1.807) is 0 Å². The number of hydrogen-bond donors (Lipinski definition) is 2. The van der Waals surface area contributed by atoms with Crippen molar-refractivity contribution in [3.05, 3.63) is 0 Å². The van der Waals surface area contributed by atoms with Gasteiger partial charge in [-0.05, 0) is 0 Å². The molecule has 0 aromatic rings. The lowest BCUT2D eigenvalue weighted by Crippen LogP contribution is -1.68. The Balaban J connectivity index is 2.30. The SMILES string of the molecule is N=COO. The summed E-state index contributed by atoms with van der Waals surface area (Å²) in [6, 6.07) is 0. The van der Waals surface area contributed by atoms with Crippen LogP contribution in [0.1, 0.15) is 0 Å². The zero-order chi connectivity index (χ0) is 3.41. The summed E-state index contributed by atoms with van der Waals surface area (Å²) >= 11 is 0. The van der Waals surface area contributed by atoms with E-state index in [4.69, 9.17) is 10.7 Å². The summed E-state index contributed by atoms with van der Waals surface area (Å²) in [6.45, 7) is 0. The van der Waals surface area contributed by atoms with E-state index < -0.39 is 0 Å². The first-order valence-corrected chi connectivity index (χ1v) is 0.707. The molecule has 0 atom stereocenters. The van der Waals surface area contributed by atoms with Crippen LogP contribution in [-0.2, 0) is 4.89 Å². The summed E-state index contributed by atoms with van der Waals surface area (Å²) < 4.78 is 0. The van der Waals surface area contributed by atoms with Gasteiger partial charge in [0.1, 0.15) is 0 Å². The monoisotopic (exact) mass is 61.0 g/mol. The Morgan fingerprint density at radius 3 is 2.25 bits per heavy atom. The Kier molecular flexibility index (Phi) is 2.08. The Morgan fingerprint density at radius 2 is 2.25 bits per heavy atom. The molecule has 0 radical (unpaired) electrons. The zero-order valence-electron chi connectivity index (χ0n) is 1.93. The summed E-state index contributed by atoms with van der Waals surface area (Å²) in [6.07, 6.45) is 0.431. The van der Waals surface area contributed by atoms with Crippen LogP contribution >= 0.6 is 0 Å². The fourth-order valence-corrected chi connectivity index (χ4v) is 0. The van der Waals surface area contributed by atoms with E-state index in [1.807, 2.05) is 0 Å². The first-order valence-electron chi connectivity index (χ1n) is 0.707. The second-order valence-electron chi connectivity index (χ2n) is 0.223. The quantitative estimate of drug-likeness (QED) is 0.195. The lowest BCUT2D eigenvalue weighted by atomic mass is 11.6. The topological polar surface area (TPSA) is 53.3 Å². The Hall–Kier alpha value is -0.570. The maximum absolute atomic E-state index is 7.13. The second-order valence-corrected chi connectivity index (χ2v) is 0.223. The van der Waals surface area contributed by atoms with Gasteiger partial charge in [0.15, 0.2) is 0 Å². The van der Waals surface area contributed by atoms with Crippen molar-refractivity contribution in [2.75, 3.05) is 0 Å². The molecule has 0 amide bonds. The van der Waals surface area contributed by atoms with Gasteiger partial charge in [0.25, 0.3) is 0 Å². The largest absolute Gasteiger partial charge is 0.328 e. The molecule has 0 aromatic heterocycles. The molecule has 0 unspecified atom stereocenters. The molecule has 0 saturated carbocycles. The molecule has 0 aromatic carbocycles. The van der Waals surface area contributed by atoms with Crippen molar-refractivity contribution in [1.82, 2.24) is 0 Å². The zero-order valence-corrected chi connectivity index (χ0v) is 1.93. The predicted octanol–water partition coefficient (Wildman–Crippen LogP) is 0.0831. The molecule has 24 valence electrons. The third-order valence-corrected chi connectivity index (χ3v) is 0.0527. The molecule has 0 aliphatic heterocycles. The highest BCUT2D eigenvalue weighted by Gasteiger charge is 1.41. The average Bonchev–Trinajstić information content (AvgIpc) is 1.37. The molecule has 0 bridgehead atoms. The number of hydrogen-bond acceptors (Lipinski definition) is 3. The van der Waals surface area contributed by atoms with E-state index in [0.717, 1.165) is 0 Å². The Labute approximate surface area is 23.3 Å². The van der Waals surface area contributed by atoms with Gasteiger partial charge in [0.2, 0.25) is 6.40 Å². The molecule has 0 rings (SSSR count). The van der Waals surface area contributed by atoms with Crippen LogP contribution < -0.4 is 0 Å². The van der Waals surface area contributed by atoms with Crippen LogP contribution in [0.3, 0.4) is 0 Å². The molecule has 3 heteroatoms. The average molecular weight is 61.0 g/mol. The van der Waals surface area contributed by atoms with E-state index in [-0.39, 0.29) is 0 Å². The van der Waals surface area contributed by atoms with E-state index in [0.29, 0.717) is 6.40 Å². The van der Waals surface area contributed by atoms with Crippen LogP contribution in [0, 0.1) is 5.41 Å². The van der Waals surface area contributed by atoms with Gasteiger partial charge in [-0.25, -0.2) is 5.26 Å². The minimum atomic E-state index is 0.431. The van der Waals surface area contributed by atoms with Crippen LogP contribution in [0.5, 0.6) is 0 Å². The van der Waals surface area contributed by atoms with E-state index >= 15 is 0 Å². The summed E-state index contributed by atoms with van der Waals surface area (Å²) in [7, 11) is 0. The number of nitrogens with one attached hydrogen (secondary N) is 1. The van der Waals surface area contributed by atoms with Gasteiger partial charge in [0.05, 0.1) is 0 Å². The fraction of sp³-hybridized carbons (Fsp3) is 0. The predicted molar refractivity (Wildman–Crippen MR) is 12.5 cm³/mol. The van der Waals surface area contributed by atoms with Gasteiger partial charge in [-0.2, -0.15) is 0 Å². The van der Waals surface area contributed by atoms with Crippen LogP contribution in [-0.4, -0.2) is 11.7 Å². The molecule has 0 spiro atoms. The standard InChI is InChI=1S/CH3NO2/c2-1-4-3/h1-3H. The van der Waals surface area contributed by atoms with E-state index in [1.165, 1.54) is 0 Å². The lowest BCUT2D eigenvalue weighted by molar-refractivity contribution is -0.148. The lowest BCUT2D eigenvalue weighted by Gasteiger charge is -1.67. The molecule has 0 fully saturated rings. The second kappa shape index (κ2) is 2.43. The summed E-state index contributed by atoms with van der Waals surface area (Å²) in [5.41, 5.74) is 0. The van der Waals surface area contributed by atoms with E-state index in [2.05, 4.69) is 4.89 Å². The van der Waals surface area contributed by atoms with Crippen LogP contribution in [0.4, 0.5) is 0 Å². The molecular formula is CH3NO2. The van der Waals surface area contributed by atoms with Crippen molar-refractivity contribution in [3.63, 3.8) is 0 Å². The first-order chi connectivity index (χ1) is 1.91. The summed E-state index contributed by atoms with van der Waals surface area (Å²) in [4.78, 5) is 3.08. The summed E-state index contributed by atoms with van der Waals surface area (Å²) in [5.74, 6) is 0. The highest BCUT2D eigenvalue weighted by Crippen LogP contribution is 1.35. The van der Waals surface area contributed by atoms with Crippen molar-refractivity contribution in [1.29, 1.82) is 5.41 Å². The maximum Gasteiger partial charge on any atom is 0.211 e. The van der Waals surface area contributed by atoms with Crippen molar-refractivity contribution < 1.29 is 10.1 Å². The highest BCUT2D eigenvalue weighted by atomic mass is 17.1. The number of rotatable bonds is 1. The van der Waals surface area contributed by atoms with Crippen molar-refractivity contribution in [2.45, 2.75) is 0 Å². The van der Waals surface area contributed by atoms with Crippen LogP contribution in [0.25, 0.3) is 0 Å². The van der Waals surface area contributed by atoms with Crippen LogP contribution in [0.15, 0.2) is 0 Å². The van der Waals surface area contributed by atoms with Crippen molar-refractivity contribution >= 4 is 6.40 Å².